The van der Waals surface area contributed by atoms with Crippen molar-refractivity contribution < 1.29 is 17.1 Å². The Morgan fingerprint density at radius 2 is 0.526 bits per heavy atom. The number of nitrogens with one attached hydrogen (secondary N) is 8. The van der Waals surface area contributed by atoms with E-state index in [0.717, 1.165) is 35.5 Å². The van der Waals surface area contributed by atoms with Crippen molar-refractivity contribution in [1.29, 1.82) is 0 Å². The smallest absolute Gasteiger partial charge is 0.0628 e. The molecule has 16 atom stereocenters. The Morgan fingerprint density at radius 1 is 0.333 bits per heavy atom. The molecule has 9 aliphatic rings. The Kier molecular flexibility index (Phi) is 21.1. The maximum atomic E-state index is 4.25. The molecule has 57 heavy (non-hydrogen) atoms. The molecule has 4 saturated carbocycles. The van der Waals surface area contributed by atoms with Crippen LogP contribution in [-0.2, 0) is 17.1 Å². The van der Waals surface area contributed by atoms with Crippen LogP contribution < -0.4 is 42.5 Å². The molecule has 8 N–H and O–H groups in total. The van der Waals surface area contributed by atoms with Gasteiger partial charge in [-0.15, -0.1) is 5.92 Å². The third-order valence-corrected chi connectivity index (χ3v) is 13.6. The van der Waals surface area contributed by atoms with Crippen molar-refractivity contribution in [3.05, 3.63) is 34.1 Å². The minimum atomic E-state index is 0. The Bertz CT molecular complexity index is 863. The zero-order valence-corrected chi connectivity index (χ0v) is 38.8. The van der Waals surface area contributed by atoms with E-state index in [0.29, 0.717) is 84.8 Å². The van der Waals surface area contributed by atoms with E-state index in [9.17, 15) is 0 Å². The molecule has 0 aromatic rings. The predicted molar refractivity (Wildman–Crippen MR) is 238 cm³/mol. The van der Waals surface area contributed by atoms with E-state index in [4.69, 9.17) is 0 Å². The largest absolute Gasteiger partial charge is 0.341 e. The average Bonchev–Trinajstić information content (AvgIpc) is 3.87. The molecule has 9 heteroatoms. The van der Waals surface area contributed by atoms with Crippen LogP contribution in [0.4, 0.5) is 0 Å². The summed E-state index contributed by atoms with van der Waals surface area (Å²) in [7, 11) is 0. The summed E-state index contributed by atoms with van der Waals surface area (Å²) >= 11 is 0. The van der Waals surface area contributed by atoms with E-state index in [1.54, 1.807) is 0 Å². The van der Waals surface area contributed by atoms with Crippen LogP contribution >= 0.6 is 0 Å². The molecule has 0 spiro atoms. The van der Waals surface area contributed by atoms with Crippen molar-refractivity contribution in [3.63, 3.8) is 0 Å². The van der Waals surface area contributed by atoms with Gasteiger partial charge in [-0.2, -0.15) is 30.1 Å². The van der Waals surface area contributed by atoms with E-state index in [1.165, 1.54) is 96.3 Å². The van der Waals surface area contributed by atoms with Gasteiger partial charge in [0.2, 0.25) is 0 Å². The standard InChI is InChI=1S/C32H55N8.4C4H9.Cu/c1-2-10-18-17(9-1)25-33-26(18)38-28-21-13-5-6-14-22(21)30(35-28)40-32-24-16-8-7-15-23(24)31(36-32)39-29-20-12-4-3-11-19(20)27(34-29)37-25;4*1-4(2)3;/h9,17-40H,1-8,10-16H2;4*4H,1H2,2-3H3;/q5*-1;. The normalized spacial score (nSPS) is 42.9. The summed E-state index contributed by atoms with van der Waals surface area (Å²) in [6.07, 6.45) is 26.4. The van der Waals surface area contributed by atoms with Crippen LogP contribution in [0.25, 0.3) is 0 Å². The molecule has 4 aliphatic carbocycles. The summed E-state index contributed by atoms with van der Waals surface area (Å²) in [5.74, 6) is 8.07. The minimum Gasteiger partial charge on any atom is -0.341 e. The molecule has 5 heterocycles. The van der Waals surface area contributed by atoms with Crippen LogP contribution in [0.5, 0.6) is 0 Å². The van der Waals surface area contributed by atoms with Crippen molar-refractivity contribution in [3.8, 4) is 0 Å². The van der Waals surface area contributed by atoms with Crippen molar-refractivity contribution in [2.45, 2.75) is 201 Å². The molecular formula is C48H91CuN8-5. The fraction of sp³-hybridized carbons (Fsp3) is 0.896. The molecule has 5 saturated heterocycles. The summed E-state index contributed by atoms with van der Waals surface area (Å²) in [5.41, 5.74) is 0. The van der Waals surface area contributed by atoms with Crippen LogP contribution in [0.3, 0.4) is 0 Å². The zero-order valence-electron chi connectivity index (χ0n) is 37.9. The van der Waals surface area contributed by atoms with Gasteiger partial charge in [-0.25, -0.2) is 0 Å². The summed E-state index contributed by atoms with van der Waals surface area (Å²) in [4.78, 5) is 0. The molecule has 339 valence electrons. The first-order chi connectivity index (χ1) is 26.7. The quantitative estimate of drug-likeness (QED) is 0.0913. The molecule has 5 aliphatic heterocycles. The number of hydrogen-bond donors (Lipinski definition) is 8. The molecular weight excluding hydrogens is 752 g/mol. The Balaban J connectivity index is 0.000000366. The summed E-state index contributed by atoms with van der Waals surface area (Å²) < 4.78 is 0. The Hall–Kier alpha value is 0.199. The van der Waals surface area contributed by atoms with E-state index in [2.05, 4.69) is 132 Å². The van der Waals surface area contributed by atoms with Gasteiger partial charge in [0, 0.05) is 23.2 Å². The van der Waals surface area contributed by atoms with E-state index in [-0.39, 0.29) is 17.1 Å². The van der Waals surface area contributed by atoms with Gasteiger partial charge in [-0.1, -0.05) is 107 Å². The molecule has 1 radical (unpaired) electrons. The fourth-order valence-corrected chi connectivity index (χ4v) is 11.7. The van der Waals surface area contributed by atoms with Crippen LogP contribution in [0.1, 0.15) is 152 Å². The molecule has 8 bridgehead atoms. The van der Waals surface area contributed by atoms with Crippen molar-refractivity contribution in [2.24, 2.45) is 71.0 Å². The van der Waals surface area contributed by atoms with Crippen molar-refractivity contribution in [1.82, 2.24) is 42.5 Å². The summed E-state index contributed by atoms with van der Waals surface area (Å²) in [6.45, 7) is 31.0. The molecule has 9 rings (SSSR count). The molecule has 9 fully saturated rings. The Labute approximate surface area is 364 Å². The topological polar surface area (TPSA) is 96.2 Å². The van der Waals surface area contributed by atoms with E-state index in [1.807, 2.05) is 0 Å². The minimum absolute atomic E-state index is 0. The molecule has 0 amide bonds. The van der Waals surface area contributed by atoms with Crippen molar-refractivity contribution in [2.75, 3.05) is 0 Å². The maximum absolute atomic E-state index is 4.25. The second-order valence-electron chi connectivity index (χ2n) is 21.0. The first kappa shape index (κ1) is 49.9. The first-order valence-electron chi connectivity index (χ1n) is 24.0. The SMILES string of the molecule is [CH-]1CCCC2C3NC(NC4NC(NC5NC(NC6NC(N3)C3CCCCC63)C3CCCCC53)C3CCCCC43)C12.[CH2-]C(C)C.[CH2-]C(C)C.[CH2-]C(C)C.[CH2-]C(C)C.[Cu]. The van der Waals surface area contributed by atoms with Gasteiger partial charge in [0.15, 0.2) is 0 Å². The van der Waals surface area contributed by atoms with Gasteiger partial charge in [0.1, 0.15) is 0 Å². The van der Waals surface area contributed by atoms with E-state index >= 15 is 0 Å². The second kappa shape index (κ2) is 24.2. The average molecular weight is 844 g/mol. The van der Waals surface area contributed by atoms with Crippen LogP contribution in [0.2, 0.25) is 0 Å². The monoisotopic (exact) mass is 843 g/mol. The van der Waals surface area contributed by atoms with Gasteiger partial charge < -0.3 is 34.1 Å². The number of fused-ring (bicyclic) bond motifs is 20. The third kappa shape index (κ3) is 14.1. The molecule has 8 nitrogen and oxygen atoms in total. The molecule has 0 aromatic heterocycles. The molecule has 0 aromatic carbocycles. The Morgan fingerprint density at radius 3 is 0.772 bits per heavy atom. The fourth-order valence-electron chi connectivity index (χ4n) is 11.7. The van der Waals surface area contributed by atoms with Crippen molar-refractivity contribution >= 4 is 0 Å². The zero-order chi connectivity index (χ0) is 40.5. The first-order valence-corrected chi connectivity index (χ1v) is 24.0. The number of hydrogen-bond acceptors (Lipinski definition) is 8. The van der Waals surface area contributed by atoms with Crippen LogP contribution in [0, 0.1) is 105 Å². The number of rotatable bonds is 0. The second-order valence-corrected chi connectivity index (χ2v) is 21.0. The maximum Gasteiger partial charge on any atom is 0.0628 e. The van der Waals surface area contributed by atoms with Crippen LogP contribution in [-0.4, -0.2) is 49.3 Å². The van der Waals surface area contributed by atoms with Gasteiger partial charge >= 0.3 is 0 Å². The van der Waals surface area contributed by atoms with Gasteiger partial charge in [-0.3, -0.25) is 42.5 Å². The van der Waals surface area contributed by atoms with Gasteiger partial charge in [0.25, 0.3) is 0 Å². The predicted octanol–water partition coefficient (Wildman–Crippen LogP) is 8.32. The summed E-state index contributed by atoms with van der Waals surface area (Å²) in [5, 5.41) is 33.7. The van der Waals surface area contributed by atoms with E-state index < -0.39 is 0 Å². The molecule has 16 unspecified atom stereocenters. The van der Waals surface area contributed by atoms with Gasteiger partial charge in [0.05, 0.1) is 43.2 Å². The van der Waals surface area contributed by atoms with Crippen LogP contribution in [0.15, 0.2) is 0 Å². The third-order valence-electron chi connectivity index (χ3n) is 13.6. The summed E-state index contributed by atoms with van der Waals surface area (Å²) in [6, 6.07) is 0. The van der Waals surface area contributed by atoms with Gasteiger partial charge in [-0.05, 0) is 80.0 Å².